The van der Waals surface area contributed by atoms with Crippen molar-refractivity contribution in [1.82, 2.24) is 20.1 Å². The third-order valence-corrected chi connectivity index (χ3v) is 6.67. The zero-order chi connectivity index (χ0) is 21.0. The van der Waals surface area contributed by atoms with Gasteiger partial charge in [-0.25, -0.2) is 13.8 Å². The standard InChI is InChI=1S/C20H14BrF2N5OS/c1-28-15(11(21)8-24-28)18-26-14-13-10(9-5-3-2-4-6-9)7-12(17(22)23)25-20(13)30-16(14)19(29)27-18/h2-8,17-18,26H,1H3,(H,27,29). The van der Waals surface area contributed by atoms with Crippen LogP contribution in [0, 0.1) is 0 Å². The van der Waals surface area contributed by atoms with Gasteiger partial charge in [0.2, 0.25) is 0 Å². The number of carbonyl (C=O) groups excluding carboxylic acids is 1. The molecule has 4 aromatic rings. The lowest BCUT2D eigenvalue weighted by atomic mass is 10.0. The second-order valence-electron chi connectivity index (χ2n) is 6.80. The number of pyridine rings is 1. The molecule has 0 radical (unpaired) electrons. The number of thiophene rings is 1. The number of carbonyl (C=O) groups is 1. The Bertz CT molecular complexity index is 1270. The first kappa shape index (κ1) is 19.1. The Labute approximate surface area is 182 Å². The number of amides is 1. The van der Waals surface area contributed by atoms with Gasteiger partial charge in [0, 0.05) is 12.4 Å². The van der Waals surface area contributed by atoms with Crippen LogP contribution >= 0.6 is 27.3 Å². The Kier molecular flexibility index (Phi) is 4.55. The summed E-state index contributed by atoms with van der Waals surface area (Å²) in [5.74, 6) is -0.289. The zero-order valence-corrected chi connectivity index (χ0v) is 17.9. The SMILES string of the molecule is Cn1ncc(Br)c1C1NC(=O)c2sc3nc(C(F)F)cc(-c4ccccc4)c3c2N1. The minimum absolute atomic E-state index is 0.289. The highest BCUT2D eigenvalue weighted by Crippen LogP contribution is 2.45. The number of alkyl halides is 2. The molecule has 3 aromatic heterocycles. The van der Waals surface area contributed by atoms with E-state index in [0.717, 1.165) is 27.1 Å². The molecule has 2 N–H and O–H groups in total. The molecule has 0 saturated carbocycles. The molecule has 1 amide bonds. The minimum atomic E-state index is -2.71. The molecule has 1 aliphatic rings. The number of rotatable bonds is 3. The van der Waals surface area contributed by atoms with Crippen molar-refractivity contribution in [3.63, 3.8) is 0 Å². The van der Waals surface area contributed by atoms with Crippen molar-refractivity contribution in [2.24, 2.45) is 7.05 Å². The van der Waals surface area contributed by atoms with Crippen LogP contribution in [0.5, 0.6) is 0 Å². The Balaban J connectivity index is 1.75. The summed E-state index contributed by atoms with van der Waals surface area (Å²) in [6.07, 6.45) is -1.60. The maximum absolute atomic E-state index is 13.5. The largest absolute Gasteiger partial charge is 0.358 e. The molecular formula is C20H14BrF2N5OS. The van der Waals surface area contributed by atoms with E-state index >= 15 is 0 Å². The number of aromatic nitrogens is 3. The smallest absolute Gasteiger partial charge is 0.280 e. The molecule has 0 aliphatic carbocycles. The fourth-order valence-corrected chi connectivity index (χ4v) is 5.28. The molecule has 1 unspecified atom stereocenters. The molecule has 1 atom stereocenters. The van der Waals surface area contributed by atoms with E-state index in [1.807, 2.05) is 30.3 Å². The molecule has 0 spiro atoms. The highest BCUT2D eigenvalue weighted by molar-refractivity contribution is 9.10. The second-order valence-corrected chi connectivity index (χ2v) is 8.65. The average molecular weight is 490 g/mol. The van der Waals surface area contributed by atoms with Crippen molar-refractivity contribution < 1.29 is 13.6 Å². The first-order chi connectivity index (χ1) is 14.4. The normalized spacial score (nSPS) is 15.9. The summed E-state index contributed by atoms with van der Waals surface area (Å²) in [5.41, 5.74) is 2.40. The van der Waals surface area contributed by atoms with Crippen molar-refractivity contribution in [2.45, 2.75) is 12.6 Å². The van der Waals surface area contributed by atoms with Gasteiger partial charge in [-0.15, -0.1) is 11.3 Å². The van der Waals surface area contributed by atoms with Crippen molar-refractivity contribution in [2.75, 3.05) is 5.32 Å². The van der Waals surface area contributed by atoms with E-state index in [4.69, 9.17) is 0 Å². The Hall–Kier alpha value is -2.85. The summed E-state index contributed by atoms with van der Waals surface area (Å²) in [6, 6.07) is 10.7. The monoisotopic (exact) mass is 489 g/mol. The second kappa shape index (κ2) is 7.13. The summed E-state index contributed by atoms with van der Waals surface area (Å²) in [4.78, 5) is 17.8. The molecule has 1 aliphatic heterocycles. The van der Waals surface area contributed by atoms with Gasteiger partial charge in [0.15, 0.2) is 0 Å². The van der Waals surface area contributed by atoms with E-state index in [0.29, 0.717) is 26.3 Å². The fourth-order valence-electron chi connectivity index (χ4n) is 3.63. The van der Waals surface area contributed by atoms with Crippen molar-refractivity contribution in [3.05, 3.63) is 63.3 Å². The average Bonchev–Trinajstić information content (AvgIpc) is 3.27. The number of hydrogen-bond donors (Lipinski definition) is 2. The first-order valence-electron chi connectivity index (χ1n) is 9.00. The van der Waals surface area contributed by atoms with Crippen LogP contribution in [0.2, 0.25) is 0 Å². The summed E-state index contributed by atoms with van der Waals surface area (Å²) in [6.45, 7) is 0. The predicted molar refractivity (Wildman–Crippen MR) is 115 cm³/mol. The van der Waals surface area contributed by atoms with Gasteiger partial charge < -0.3 is 10.6 Å². The third kappa shape index (κ3) is 2.98. The number of fused-ring (bicyclic) bond motifs is 3. The molecule has 4 heterocycles. The van der Waals surface area contributed by atoms with E-state index in [1.165, 1.54) is 6.07 Å². The number of nitrogens with zero attached hydrogens (tertiary/aromatic N) is 3. The summed E-state index contributed by atoms with van der Waals surface area (Å²) < 4.78 is 29.4. The lowest BCUT2D eigenvalue weighted by Gasteiger charge is -2.27. The molecule has 30 heavy (non-hydrogen) atoms. The number of anilines is 1. The van der Waals surface area contributed by atoms with Crippen molar-refractivity contribution in [1.29, 1.82) is 0 Å². The molecule has 1 aromatic carbocycles. The molecule has 6 nitrogen and oxygen atoms in total. The highest BCUT2D eigenvalue weighted by Gasteiger charge is 2.33. The van der Waals surface area contributed by atoms with Crippen LogP contribution in [0.25, 0.3) is 21.3 Å². The van der Waals surface area contributed by atoms with Crippen LogP contribution in [-0.2, 0) is 7.05 Å². The van der Waals surface area contributed by atoms with Gasteiger partial charge in [0.1, 0.15) is 21.6 Å². The molecule has 0 saturated heterocycles. The lowest BCUT2D eigenvalue weighted by Crippen LogP contribution is -2.38. The van der Waals surface area contributed by atoms with Crippen LogP contribution < -0.4 is 10.6 Å². The van der Waals surface area contributed by atoms with Gasteiger partial charge in [-0.2, -0.15) is 5.10 Å². The molecule has 5 rings (SSSR count). The predicted octanol–water partition coefficient (Wildman–Crippen LogP) is 5.25. The Morgan fingerprint density at radius 2 is 2.00 bits per heavy atom. The number of nitrogens with one attached hydrogen (secondary N) is 2. The van der Waals surface area contributed by atoms with E-state index in [9.17, 15) is 13.6 Å². The number of aryl methyl sites for hydroxylation is 1. The molecule has 0 bridgehead atoms. The van der Waals surface area contributed by atoms with Crippen molar-refractivity contribution >= 4 is 49.1 Å². The summed E-state index contributed by atoms with van der Waals surface area (Å²) >= 11 is 4.56. The number of benzene rings is 1. The maximum atomic E-state index is 13.5. The van der Waals surface area contributed by atoms with Crippen LogP contribution in [0.15, 0.2) is 47.1 Å². The minimum Gasteiger partial charge on any atom is -0.358 e. The van der Waals surface area contributed by atoms with E-state index in [2.05, 4.69) is 36.6 Å². The van der Waals surface area contributed by atoms with Gasteiger partial charge in [-0.1, -0.05) is 30.3 Å². The first-order valence-corrected chi connectivity index (χ1v) is 10.6. The molecule has 10 heteroatoms. The van der Waals surface area contributed by atoms with Gasteiger partial charge >= 0.3 is 0 Å². The maximum Gasteiger partial charge on any atom is 0.280 e. The Morgan fingerprint density at radius 1 is 1.23 bits per heavy atom. The van der Waals surface area contributed by atoms with E-state index in [-0.39, 0.29) is 11.6 Å². The lowest BCUT2D eigenvalue weighted by molar-refractivity contribution is 0.0938. The van der Waals surface area contributed by atoms with Gasteiger partial charge in [0.25, 0.3) is 12.3 Å². The fraction of sp³-hybridized carbons (Fsp3) is 0.150. The zero-order valence-electron chi connectivity index (χ0n) is 15.5. The van der Waals surface area contributed by atoms with Crippen LogP contribution in [0.3, 0.4) is 0 Å². The molecule has 152 valence electrons. The molecule has 0 fully saturated rings. The van der Waals surface area contributed by atoms with Gasteiger partial charge in [-0.3, -0.25) is 9.48 Å². The van der Waals surface area contributed by atoms with Gasteiger partial charge in [0.05, 0.1) is 22.1 Å². The third-order valence-electron chi connectivity index (χ3n) is 4.97. The quantitative estimate of drug-likeness (QED) is 0.412. The van der Waals surface area contributed by atoms with Crippen LogP contribution in [0.1, 0.15) is 33.7 Å². The van der Waals surface area contributed by atoms with E-state index < -0.39 is 12.6 Å². The van der Waals surface area contributed by atoms with Gasteiger partial charge in [-0.05, 0) is 33.1 Å². The van der Waals surface area contributed by atoms with Crippen LogP contribution in [0.4, 0.5) is 14.5 Å². The number of halogens is 3. The highest BCUT2D eigenvalue weighted by atomic mass is 79.9. The van der Waals surface area contributed by atoms with E-state index in [1.54, 1.807) is 17.9 Å². The Morgan fingerprint density at radius 3 is 2.67 bits per heavy atom. The molecular weight excluding hydrogens is 476 g/mol. The van der Waals surface area contributed by atoms with Crippen molar-refractivity contribution in [3.8, 4) is 11.1 Å². The number of hydrogen-bond acceptors (Lipinski definition) is 5. The van der Waals surface area contributed by atoms with Crippen LogP contribution in [-0.4, -0.2) is 20.7 Å². The summed E-state index contributed by atoms with van der Waals surface area (Å²) in [7, 11) is 1.78. The summed E-state index contributed by atoms with van der Waals surface area (Å²) in [5, 5.41) is 11.1. The topological polar surface area (TPSA) is 71.8 Å².